The quantitative estimate of drug-likeness (QED) is 0.785. The highest BCUT2D eigenvalue weighted by molar-refractivity contribution is 7.80. The zero-order chi connectivity index (χ0) is 18.7. The largest absolute Gasteiger partial charge is 0.360 e. The highest BCUT2D eigenvalue weighted by atomic mass is 32.1. The van der Waals surface area contributed by atoms with Crippen molar-refractivity contribution < 1.29 is 9.32 Å². The third kappa shape index (κ3) is 3.62. The van der Waals surface area contributed by atoms with Gasteiger partial charge in [0, 0.05) is 18.3 Å². The lowest BCUT2D eigenvalue weighted by molar-refractivity contribution is -0.113. The lowest BCUT2D eigenvalue weighted by Crippen LogP contribution is -2.48. The fourth-order valence-corrected chi connectivity index (χ4v) is 3.42. The van der Waals surface area contributed by atoms with Crippen molar-refractivity contribution in [3.05, 3.63) is 59.0 Å². The van der Waals surface area contributed by atoms with Gasteiger partial charge in [0.1, 0.15) is 5.76 Å². The van der Waals surface area contributed by atoms with Crippen molar-refractivity contribution >= 4 is 29.1 Å². The second-order valence-electron chi connectivity index (χ2n) is 6.22. The second-order valence-corrected chi connectivity index (χ2v) is 6.61. The minimum atomic E-state index is -0.315. The van der Waals surface area contributed by atoms with Crippen LogP contribution in [-0.4, -0.2) is 27.6 Å². The number of amides is 1. The molecule has 26 heavy (non-hydrogen) atoms. The number of aryl methyl sites for hydroxylation is 1. The number of hydrogen-bond acceptors (Lipinski definition) is 4. The summed E-state index contributed by atoms with van der Waals surface area (Å²) in [7, 11) is 0. The number of thiocarbonyl (C=S) groups is 1. The number of hydrogen-bond donors (Lipinski definition) is 2. The Balaban J connectivity index is 2.00. The molecule has 0 aliphatic carbocycles. The average Bonchev–Trinajstić information content (AvgIpc) is 3.03. The summed E-state index contributed by atoms with van der Waals surface area (Å²) in [4.78, 5) is 15.0. The Morgan fingerprint density at radius 1 is 1.35 bits per heavy atom. The zero-order valence-electron chi connectivity index (χ0n) is 15.1. The first-order chi connectivity index (χ1) is 12.5. The molecule has 3 rings (SSSR count). The number of allylic oxidation sites excluding steroid dienone is 1. The van der Waals surface area contributed by atoms with Crippen molar-refractivity contribution in [2.24, 2.45) is 0 Å². The average molecular weight is 370 g/mol. The van der Waals surface area contributed by atoms with Gasteiger partial charge < -0.3 is 20.1 Å². The molecule has 1 aliphatic rings. The van der Waals surface area contributed by atoms with Crippen molar-refractivity contribution in [3.63, 3.8) is 0 Å². The van der Waals surface area contributed by atoms with Gasteiger partial charge in [-0.1, -0.05) is 42.4 Å². The second kappa shape index (κ2) is 7.70. The molecule has 1 atom stereocenters. The van der Waals surface area contributed by atoms with Gasteiger partial charge in [-0.05, 0) is 38.0 Å². The summed E-state index contributed by atoms with van der Waals surface area (Å²) in [6.07, 6.45) is 0.923. The number of rotatable bonds is 5. The van der Waals surface area contributed by atoms with Crippen molar-refractivity contribution in [3.8, 4) is 0 Å². The van der Waals surface area contributed by atoms with Gasteiger partial charge >= 0.3 is 0 Å². The molecule has 0 radical (unpaired) electrons. The highest BCUT2D eigenvalue weighted by Crippen LogP contribution is 2.31. The van der Waals surface area contributed by atoms with E-state index in [1.807, 2.05) is 42.2 Å². The summed E-state index contributed by atoms with van der Waals surface area (Å²) in [5.41, 5.74) is 2.45. The number of anilines is 1. The van der Waals surface area contributed by atoms with Crippen LogP contribution in [0.2, 0.25) is 0 Å². The van der Waals surface area contributed by atoms with Crippen molar-refractivity contribution in [2.75, 3.05) is 11.9 Å². The van der Waals surface area contributed by atoms with Crippen molar-refractivity contribution in [2.45, 2.75) is 33.2 Å². The Morgan fingerprint density at radius 3 is 2.69 bits per heavy atom. The van der Waals surface area contributed by atoms with E-state index in [1.54, 1.807) is 13.0 Å². The van der Waals surface area contributed by atoms with Crippen LogP contribution in [0.3, 0.4) is 0 Å². The SMILES string of the molecule is CCCN1C(=S)N[C@H](c2ccccc2)C(C(=O)Nc2cc(C)on2)=C1C. The smallest absolute Gasteiger partial charge is 0.257 e. The summed E-state index contributed by atoms with van der Waals surface area (Å²) < 4.78 is 5.04. The third-order valence-corrected chi connectivity index (χ3v) is 4.63. The first kappa shape index (κ1) is 18.1. The summed E-state index contributed by atoms with van der Waals surface area (Å²) in [6.45, 7) is 6.54. The van der Waals surface area contributed by atoms with E-state index in [4.69, 9.17) is 16.7 Å². The molecule has 0 fully saturated rings. The Bertz CT molecular complexity index is 844. The van der Waals surface area contributed by atoms with Crippen LogP contribution in [-0.2, 0) is 4.79 Å². The van der Waals surface area contributed by atoms with E-state index >= 15 is 0 Å². The number of nitrogens with zero attached hydrogens (tertiary/aromatic N) is 2. The molecule has 0 bridgehead atoms. The molecule has 2 aromatic rings. The van der Waals surface area contributed by atoms with E-state index in [0.717, 1.165) is 24.2 Å². The molecular weight excluding hydrogens is 348 g/mol. The van der Waals surface area contributed by atoms with E-state index in [9.17, 15) is 4.79 Å². The molecular formula is C19H22N4O2S. The van der Waals surface area contributed by atoms with Crippen LogP contribution in [0.25, 0.3) is 0 Å². The number of carbonyl (C=O) groups excluding carboxylic acids is 1. The van der Waals surface area contributed by atoms with Crippen molar-refractivity contribution in [1.29, 1.82) is 0 Å². The third-order valence-electron chi connectivity index (χ3n) is 4.29. The normalized spacial score (nSPS) is 17.3. The number of aromatic nitrogens is 1. The summed E-state index contributed by atoms with van der Waals surface area (Å²) in [6, 6.07) is 11.2. The molecule has 0 unspecified atom stereocenters. The maximum atomic E-state index is 13.1. The molecule has 0 spiro atoms. The van der Waals surface area contributed by atoms with E-state index in [1.165, 1.54) is 0 Å². The number of benzene rings is 1. The Labute approximate surface area is 158 Å². The van der Waals surface area contributed by atoms with Gasteiger partial charge in [0.2, 0.25) is 0 Å². The van der Waals surface area contributed by atoms with Gasteiger partial charge in [0.15, 0.2) is 10.9 Å². The molecule has 136 valence electrons. The van der Waals surface area contributed by atoms with Crippen molar-refractivity contribution in [1.82, 2.24) is 15.4 Å². The predicted molar refractivity (Wildman–Crippen MR) is 104 cm³/mol. The molecule has 1 amide bonds. The maximum absolute atomic E-state index is 13.1. The monoisotopic (exact) mass is 370 g/mol. The molecule has 1 aromatic heterocycles. The molecule has 1 aromatic carbocycles. The van der Waals surface area contributed by atoms with E-state index in [2.05, 4.69) is 22.7 Å². The highest BCUT2D eigenvalue weighted by Gasteiger charge is 2.33. The Kier molecular flexibility index (Phi) is 5.37. The van der Waals surface area contributed by atoms with Gasteiger partial charge in [-0.3, -0.25) is 4.79 Å². The molecule has 2 N–H and O–H groups in total. The minimum Gasteiger partial charge on any atom is -0.360 e. The Morgan fingerprint density at radius 2 is 2.08 bits per heavy atom. The fourth-order valence-electron chi connectivity index (χ4n) is 3.07. The summed E-state index contributed by atoms with van der Waals surface area (Å²) in [5.74, 6) is 0.816. The molecule has 0 saturated heterocycles. The lowest BCUT2D eigenvalue weighted by Gasteiger charge is -2.37. The van der Waals surface area contributed by atoms with Crippen LogP contribution in [0.5, 0.6) is 0 Å². The molecule has 6 nitrogen and oxygen atoms in total. The summed E-state index contributed by atoms with van der Waals surface area (Å²) >= 11 is 5.54. The first-order valence-corrected chi connectivity index (χ1v) is 9.00. The molecule has 7 heteroatoms. The number of carbonyl (C=O) groups is 1. The Hall–Kier alpha value is -2.67. The number of nitrogens with one attached hydrogen (secondary N) is 2. The molecule has 0 saturated carbocycles. The summed E-state index contributed by atoms with van der Waals surface area (Å²) in [5, 5.41) is 10.6. The standard InChI is InChI=1S/C19H22N4O2S/c1-4-10-23-13(3)16(18(24)20-15-11-12(2)25-22-15)17(21-19(23)26)14-8-6-5-7-9-14/h5-9,11,17H,4,10H2,1-3H3,(H,21,26)(H,20,22,24)/t17-/m1/s1. The van der Waals surface area contributed by atoms with E-state index < -0.39 is 0 Å². The van der Waals surface area contributed by atoms with Crippen LogP contribution in [0.4, 0.5) is 5.82 Å². The lowest BCUT2D eigenvalue weighted by atomic mass is 9.94. The van der Waals surface area contributed by atoms with Crippen LogP contribution in [0.1, 0.15) is 37.6 Å². The molecule has 1 aliphatic heterocycles. The van der Waals surface area contributed by atoms with Gasteiger partial charge in [0.05, 0.1) is 11.6 Å². The van der Waals surface area contributed by atoms with Crippen LogP contribution < -0.4 is 10.6 Å². The molecule has 2 heterocycles. The zero-order valence-corrected chi connectivity index (χ0v) is 15.9. The van der Waals surface area contributed by atoms with E-state index in [0.29, 0.717) is 22.3 Å². The van der Waals surface area contributed by atoms with Crippen LogP contribution >= 0.6 is 12.2 Å². The first-order valence-electron chi connectivity index (χ1n) is 8.59. The topological polar surface area (TPSA) is 70.4 Å². The van der Waals surface area contributed by atoms with Gasteiger partial charge in [-0.25, -0.2) is 0 Å². The van der Waals surface area contributed by atoms with Gasteiger partial charge in [-0.15, -0.1) is 0 Å². The van der Waals surface area contributed by atoms with Gasteiger partial charge in [-0.2, -0.15) is 0 Å². The predicted octanol–water partition coefficient (Wildman–Crippen LogP) is 3.54. The van der Waals surface area contributed by atoms with Gasteiger partial charge in [0.25, 0.3) is 5.91 Å². The minimum absolute atomic E-state index is 0.222. The maximum Gasteiger partial charge on any atom is 0.257 e. The van der Waals surface area contributed by atoms with E-state index in [-0.39, 0.29) is 11.9 Å². The fraction of sp³-hybridized carbons (Fsp3) is 0.316. The van der Waals surface area contributed by atoms with Crippen LogP contribution in [0, 0.1) is 6.92 Å². The van der Waals surface area contributed by atoms with Crippen LogP contribution in [0.15, 0.2) is 52.2 Å².